The summed E-state index contributed by atoms with van der Waals surface area (Å²) in [6.45, 7) is 17.5. The second-order valence-electron chi connectivity index (χ2n) is 13.1. The number of benzene rings is 1. The average molecular weight is 591 g/mol. The Kier molecular flexibility index (Phi) is 15.2. The molecule has 0 saturated carbocycles. The lowest BCUT2D eigenvalue weighted by Crippen LogP contribution is -2.35. The smallest absolute Gasteiger partial charge is 0.127 e. The molecule has 0 amide bonds. The van der Waals surface area contributed by atoms with Crippen LogP contribution in [0.5, 0.6) is 5.75 Å². The van der Waals surface area contributed by atoms with E-state index in [-0.39, 0.29) is 10.8 Å². The van der Waals surface area contributed by atoms with Gasteiger partial charge in [-0.1, -0.05) is 120 Å². The van der Waals surface area contributed by atoms with Crippen LogP contribution in [0.15, 0.2) is 29.1 Å². The Bertz CT molecular complexity index is 912. The molecule has 2 rings (SSSR count). The minimum absolute atomic E-state index is 0.172. The zero-order chi connectivity index (χ0) is 29.6. The molecule has 40 heavy (non-hydrogen) atoms. The zero-order valence-corrected chi connectivity index (χ0v) is 28.4. The summed E-state index contributed by atoms with van der Waals surface area (Å²) in [5, 5.41) is 20.7. The number of aromatic hydroxyl groups is 1. The van der Waals surface area contributed by atoms with Crippen LogP contribution in [-0.4, -0.2) is 26.2 Å². The first-order valence-corrected chi connectivity index (χ1v) is 17.7. The van der Waals surface area contributed by atoms with Gasteiger partial charge in [-0.3, -0.25) is 5.43 Å². The fourth-order valence-corrected chi connectivity index (χ4v) is 6.46. The number of nitrogens with zero attached hydrogens (tertiary/aromatic N) is 2. The molecule has 5 nitrogen and oxygen atoms in total. The highest BCUT2D eigenvalue weighted by Crippen LogP contribution is 2.41. The van der Waals surface area contributed by atoms with Crippen LogP contribution < -0.4 is 10.7 Å². The quantitative estimate of drug-likeness (QED) is 0.0953. The maximum Gasteiger partial charge on any atom is 0.127 e. The minimum atomic E-state index is -0.172. The molecule has 1 aliphatic heterocycles. The first-order valence-electron chi connectivity index (χ1n) is 15.7. The van der Waals surface area contributed by atoms with Crippen LogP contribution in [-0.2, 0) is 10.8 Å². The molecular formula is C33H58N4OS2. The number of nitrogens with one attached hydrogen (secondary N) is 2. The van der Waals surface area contributed by atoms with E-state index in [2.05, 4.69) is 84.3 Å². The van der Waals surface area contributed by atoms with Gasteiger partial charge in [0, 0.05) is 28.6 Å². The van der Waals surface area contributed by atoms with Crippen molar-refractivity contribution in [2.24, 2.45) is 5.10 Å². The van der Waals surface area contributed by atoms with Crippen LogP contribution >= 0.6 is 23.7 Å². The number of hydrogen-bond acceptors (Lipinski definition) is 7. The first kappa shape index (κ1) is 34.7. The highest BCUT2D eigenvalue weighted by molar-refractivity contribution is 8.14. The van der Waals surface area contributed by atoms with E-state index >= 15 is 0 Å². The van der Waals surface area contributed by atoms with E-state index in [1.54, 1.807) is 11.9 Å². The normalized spacial score (nSPS) is 14.2. The van der Waals surface area contributed by atoms with Gasteiger partial charge >= 0.3 is 0 Å². The van der Waals surface area contributed by atoms with Gasteiger partial charge in [0.1, 0.15) is 16.6 Å². The maximum absolute atomic E-state index is 11.2. The Hall–Kier alpha value is -1.47. The number of rotatable bonds is 17. The lowest BCUT2D eigenvalue weighted by molar-refractivity contribution is 0.411. The molecule has 228 valence electrons. The molecule has 0 aromatic heterocycles. The number of phenols is 1. The third-order valence-electron chi connectivity index (χ3n) is 7.14. The summed E-state index contributed by atoms with van der Waals surface area (Å²) in [6.07, 6.45) is 17.8. The molecule has 1 aromatic rings. The number of hydrogen-bond donors (Lipinski definition) is 3. The van der Waals surface area contributed by atoms with Crippen molar-refractivity contribution >= 4 is 34.4 Å². The second-order valence-corrected chi connectivity index (χ2v) is 15.3. The Morgan fingerprint density at radius 1 is 0.775 bits per heavy atom. The van der Waals surface area contributed by atoms with E-state index in [0.29, 0.717) is 5.75 Å². The second kappa shape index (κ2) is 17.5. The van der Waals surface area contributed by atoms with Gasteiger partial charge in [-0.25, -0.2) is 0 Å². The van der Waals surface area contributed by atoms with Crippen LogP contribution in [0, 0.1) is 0 Å². The molecule has 1 aliphatic rings. The molecule has 0 atom stereocenters. The third kappa shape index (κ3) is 12.6. The third-order valence-corrected chi connectivity index (χ3v) is 9.01. The van der Waals surface area contributed by atoms with Crippen molar-refractivity contribution in [2.75, 3.05) is 16.8 Å². The molecule has 0 radical (unpaired) electrons. The van der Waals surface area contributed by atoms with E-state index < -0.39 is 0 Å². The lowest BCUT2D eigenvalue weighted by Gasteiger charge is -2.30. The van der Waals surface area contributed by atoms with E-state index in [0.717, 1.165) is 39.2 Å². The van der Waals surface area contributed by atoms with Crippen LogP contribution in [0.2, 0.25) is 0 Å². The number of anilines is 1. The average Bonchev–Trinajstić information content (AvgIpc) is 2.87. The molecule has 3 N–H and O–H groups in total. The summed E-state index contributed by atoms with van der Waals surface area (Å²) >= 11 is 3.60. The van der Waals surface area contributed by atoms with Crippen LogP contribution in [0.4, 0.5) is 5.69 Å². The highest BCUT2D eigenvalue weighted by Gasteiger charge is 2.27. The lowest BCUT2D eigenvalue weighted by atomic mass is 9.79. The summed E-state index contributed by atoms with van der Waals surface area (Å²) in [7, 11) is 0. The largest absolute Gasteiger partial charge is 0.507 e. The maximum atomic E-state index is 11.2. The molecule has 0 unspecified atom stereocenters. The van der Waals surface area contributed by atoms with E-state index in [1.807, 2.05) is 16.3 Å². The molecule has 1 heterocycles. The van der Waals surface area contributed by atoms with Crippen molar-refractivity contribution in [1.29, 1.82) is 0 Å². The van der Waals surface area contributed by atoms with Crippen molar-refractivity contribution < 1.29 is 5.11 Å². The van der Waals surface area contributed by atoms with Crippen molar-refractivity contribution in [2.45, 2.75) is 143 Å². The molecule has 0 spiro atoms. The summed E-state index contributed by atoms with van der Waals surface area (Å²) in [4.78, 5) is 0. The number of hydrazone groups is 1. The Morgan fingerprint density at radius 2 is 1.27 bits per heavy atom. The summed E-state index contributed by atoms with van der Waals surface area (Å²) in [5.74, 6) is 3.46. The van der Waals surface area contributed by atoms with Gasteiger partial charge in [0.15, 0.2) is 0 Å². The Balaban J connectivity index is 2.14. The molecule has 0 bridgehead atoms. The predicted octanol–water partition coefficient (Wildman–Crippen LogP) is 10.5. The molecular weight excluding hydrogens is 533 g/mol. The van der Waals surface area contributed by atoms with Crippen molar-refractivity contribution in [3.63, 3.8) is 0 Å². The van der Waals surface area contributed by atoms with Crippen LogP contribution in [0.3, 0.4) is 0 Å². The van der Waals surface area contributed by atoms with E-state index in [9.17, 15) is 5.11 Å². The predicted molar refractivity (Wildman–Crippen MR) is 181 cm³/mol. The Labute approximate surface area is 254 Å². The monoisotopic (exact) mass is 590 g/mol. The Morgan fingerprint density at radius 3 is 1.80 bits per heavy atom. The summed E-state index contributed by atoms with van der Waals surface area (Å²) in [6, 6.07) is 4.19. The van der Waals surface area contributed by atoms with E-state index in [4.69, 9.17) is 5.10 Å². The molecule has 7 heteroatoms. The topological polar surface area (TPSA) is 59.9 Å². The first-order chi connectivity index (χ1) is 19.0. The number of hydrazine groups is 1. The van der Waals surface area contributed by atoms with Crippen molar-refractivity contribution in [1.82, 2.24) is 9.95 Å². The molecule has 1 aromatic carbocycles. The van der Waals surface area contributed by atoms with Crippen molar-refractivity contribution in [3.8, 4) is 5.75 Å². The zero-order valence-electron chi connectivity index (χ0n) is 26.8. The van der Waals surface area contributed by atoms with Gasteiger partial charge in [0.05, 0.1) is 0 Å². The van der Waals surface area contributed by atoms with Crippen LogP contribution in [0.1, 0.15) is 144 Å². The fourth-order valence-electron chi connectivity index (χ4n) is 4.70. The van der Waals surface area contributed by atoms with Gasteiger partial charge in [-0.2, -0.15) is 0 Å². The SMILES string of the molecule is CCCCCCCCSC1=NN(SCCCCCCCC)NC(Nc2cc(C(C)(C)C)c(O)c(C(C)(C)C)c2)=C1. The molecule has 0 fully saturated rings. The molecule has 0 aliphatic carbocycles. The van der Waals surface area contributed by atoms with Gasteiger partial charge in [-0.05, 0) is 53.5 Å². The highest BCUT2D eigenvalue weighted by atomic mass is 32.2. The van der Waals surface area contributed by atoms with Crippen molar-refractivity contribution in [3.05, 3.63) is 35.2 Å². The number of phenolic OH excluding ortho intramolecular Hbond substituents is 1. The fraction of sp³-hybridized carbons (Fsp3) is 0.727. The molecule has 0 saturated heterocycles. The van der Waals surface area contributed by atoms with Gasteiger partial charge < -0.3 is 10.4 Å². The number of unbranched alkanes of at least 4 members (excludes halogenated alkanes) is 10. The summed E-state index contributed by atoms with van der Waals surface area (Å²) < 4.78 is 1.94. The minimum Gasteiger partial charge on any atom is -0.507 e. The van der Waals surface area contributed by atoms with Gasteiger partial charge in [0.25, 0.3) is 0 Å². The van der Waals surface area contributed by atoms with Crippen LogP contribution in [0.25, 0.3) is 0 Å². The standard InChI is InChI=1S/C33H58N4OS2/c1-9-11-13-15-17-19-21-39-30-25-29(35-37(36-30)40-22-20-18-16-14-12-10-2)34-26-23-27(32(3,4)5)31(38)28(24-26)33(6,7)8/h23-25,34-35,38H,9-22H2,1-8H3. The van der Waals surface area contributed by atoms with Gasteiger partial charge in [0.2, 0.25) is 0 Å². The van der Waals surface area contributed by atoms with Gasteiger partial charge in [-0.15, -0.1) is 21.4 Å². The summed E-state index contributed by atoms with van der Waals surface area (Å²) in [5.41, 5.74) is 6.03. The van der Waals surface area contributed by atoms with E-state index in [1.165, 1.54) is 77.0 Å². The number of thioether (sulfide) groups is 1.